The fraction of sp³-hybridized carbons (Fsp3) is 0.308. The number of halogens is 1. The van der Waals surface area contributed by atoms with Crippen molar-refractivity contribution in [1.82, 2.24) is 19.3 Å². The standard InChI is InChI=1S/C13H15ClN4/c1-8-10(14)4-5-11-12(8)16-13-17(3)9(6-15-2)7-18(11)13/h4-5,7,15H,6H2,1-3H3. The zero-order valence-corrected chi connectivity index (χ0v) is 11.4. The van der Waals surface area contributed by atoms with Crippen LogP contribution in [0.15, 0.2) is 18.3 Å². The molecule has 3 rings (SSSR count). The molecule has 2 aromatic heterocycles. The summed E-state index contributed by atoms with van der Waals surface area (Å²) in [6.45, 7) is 2.83. The van der Waals surface area contributed by atoms with Gasteiger partial charge in [-0.1, -0.05) is 11.6 Å². The molecule has 0 aliphatic heterocycles. The van der Waals surface area contributed by atoms with Crippen molar-refractivity contribution in [3.8, 4) is 0 Å². The molecule has 0 spiro atoms. The maximum atomic E-state index is 6.14. The third kappa shape index (κ3) is 1.46. The van der Waals surface area contributed by atoms with Crippen molar-refractivity contribution in [2.24, 2.45) is 7.05 Å². The first kappa shape index (κ1) is 11.6. The van der Waals surface area contributed by atoms with Crippen LogP contribution in [0.3, 0.4) is 0 Å². The SMILES string of the molecule is CNCc1cn2c3ccc(Cl)c(C)c3nc2n1C. The molecule has 0 fully saturated rings. The molecule has 1 N–H and O–H groups in total. The van der Waals surface area contributed by atoms with Crippen molar-refractivity contribution in [2.75, 3.05) is 7.05 Å². The van der Waals surface area contributed by atoms with Crippen LogP contribution in [-0.4, -0.2) is 21.0 Å². The van der Waals surface area contributed by atoms with Crippen LogP contribution >= 0.6 is 11.6 Å². The fourth-order valence-corrected chi connectivity index (χ4v) is 2.48. The summed E-state index contributed by atoms with van der Waals surface area (Å²) in [6, 6.07) is 3.95. The number of rotatable bonds is 2. The lowest BCUT2D eigenvalue weighted by atomic mass is 10.2. The minimum atomic E-state index is 0.765. The van der Waals surface area contributed by atoms with E-state index in [1.165, 1.54) is 5.69 Å². The Kier molecular flexibility index (Phi) is 2.57. The Balaban J connectivity index is 2.37. The second-order valence-electron chi connectivity index (χ2n) is 4.53. The van der Waals surface area contributed by atoms with E-state index in [1.807, 2.05) is 33.2 Å². The molecule has 0 saturated heterocycles. The summed E-state index contributed by atoms with van der Waals surface area (Å²) in [6.07, 6.45) is 2.12. The maximum Gasteiger partial charge on any atom is 0.214 e. The van der Waals surface area contributed by atoms with E-state index in [1.54, 1.807) is 0 Å². The van der Waals surface area contributed by atoms with Gasteiger partial charge in [-0.3, -0.25) is 4.40 Å². The highest BCUT2D eigenvalue weighted by molar-refractivity contribution is 6.32. The van der Waals surface area contributed by atoms with E-state index in [0.717, 1.165) is 33.9 Å². The Morgan fingerprint density at radius 1 is 1.39 bits per heavy atom. The Morgan fingerprint density at radius 2 is 2.17 bits per heavy atom. The van der Waals surface area contributed by atoms with Gasteiger partial charge in [0.1, 0.15) is 0 Å². The number of aryl methyl sites for hydroxylation is 2. The molecule has 0 amide bonds. The van der Waals surface area contributed by atoms with Crippen LogP contribution in [0.25, 0.3) is 16.8 Å². The number of aromatic nitrogens is 3. The molecule has 0 unspecified atom stereocenters. The molecule has 0 radical (unpaired) electrons. The van der Waals surface area contributed by atoms with Gasteiger partial charge in [-0.05, 0) is 31.7 Å². The molecule has 0 atom stereocenters. The number of hydrogen-bond donors (Lipinski definition) is 1. The van der Waals surface area contributed by atoms with Crippen LogP contribution in [-0.2, 0) is 13.6 Å². The molecule has 94 valence electrons. The predicted molar refractivity (Wildman–Crippen MR) is 74.2 cm³/mol. The highest BCUT2D eigenvalue weighted by Crippen LogP contribution is 2.26. The summed E-state index contributed by atoms with van der Waals surface area (Å²) in [5, 5.41) is 3.93. The smallest absolute Gasteiger partial charge is 0.214 e. The average molecular weight is 263 g/mol. The molecular formula is C13H15ClN4. The highest BCUT2D eigenvalue weighted by Gasteiger charge is 2.13. The second kappa shape index (κ2) is 4.00. The van der Waals surface area contributed by atoms with Gasteiger partial charge in [0.05, 0.1) is 16.7 Å². The molecule has 3 aromatic rings. The number of hydrogen-bond acceptors (Lipinski definition) is 2. The topological polar surface area (TPSA) is 34.3 Å². The third-order valence-corrected chi connectivity index (χ3v) is 3.81. The van der Waals surface area contributed by atoms with E-state index in [-0.39, 0.29) is 0 Å². The minimum absolute atomic E-state index is 0.765. The first-order chi connectivity index (χ1) is 8.63. The summed E-state index contributed by atoms with van der Waals surface area (Å²) in [7, 11) is 3.97. The Hall–Kier alpha value is -1.52. The van der Waals surface area contributed by atoms with Gasteiger partial charge in [0.25, 0.3) is 0 Å². The number of nitrogens with one attached hydrogen (secondary N) is 1. The van der Waals surface area contributed by atoms with E-state index in [4.69, 9.17) is 16.6 Å². The molecule has 18 heavy (non-hydrogen) atoms. The molecule has 2 heterocycles. The number of benzene rings is 1. The molecule has 5 heteroatoms. The molecule has 0 aliphatic carbocycles. The number of imidazole rings is 2. The number of nitrogens with zero attached hydrogens (tertiary/aromatic N) is 3. The van der Waals surface area contributed by atoms with Gasteiger partial charge in [-0.2, -0.15) is 0 Å². The lowest BCUT2D eigenvalue weighted by molar-refractivity contribution is 0.742. The summed E-state index contributed by atoms with van der Waals surface area (Å²) in [5.41, 5.74) is 4.32. The quantitative estimate of drug-likeness (QED) is 0.770. The summed E-state index contributed by atoms with van der Waals surface area (Å²) in [4.78, 5) is 4.69. The van der Waals surface area contributed by atoms with Crippen LogP contribution in [0.5, 0.6) is 0 Å². The molecule has 0 bridgehead atoms. The van der Waals surface area contributed by atoms with Crippen LogP contribution in [0, 0.1) is 6.92 Å². The van der Waals surface area contributed by atoms with Crippen LogP contribution in [0.2, 0.25) is 5.02 Å². The Labute approximate surface area is 110 Å². The van der Waals surface area contributed by atoms with Gasteiger partial charge in [0, 0.05) is 24.8 Å². The van der Waals surface area contributed by atoms with Gasteiger partial charge in [0.2, 0.25) is 5.78 Å². The molecule has 0 aliphatic rings. The van der Waals surface area contributed by atoms with E-state index >= 15 is 0 Å². The average Bonchev–Trinajstić information content (AvgIpc) is 2.85. The summed E-state index contributed by atoms with van der Waals surface area (Å²) in [5.74, 6) is 0.945. The zero-order valence-electron chi connectivity index (χ0n) is 10.7. The molecule has 4 nitrogen and oxygen atoms in total. The number of fused-ring (bicyclic) bond motifs is 3. The first-order valence-electron chi connectivity index (χ1n) is 5.89. The lowest BCUT2D eigenvalue weighted by Gasteiger charge is -2.00. The third-order valence-electron chi connectivity index (χ3n) is 3.40. The molecule has 1 aromatic carbocycles. The normalized spacial score (nSPS) is 11.8. The van der Waals surface area contributed by atoms with Crippen molar-refractivity contribution in [3.63, 3.8) is 0 Å². The monoisotopic (exact) mass is 262 g/mol. The minimum Gasteiger partial charge on any atom is -0.316 e. The summed E-state index contributed by atoms with van der Waals surface area (Å²) < 4.78 is 4.22. The molecule has 0 saturated carbocycles. The largest absolute Gasteiger partial charge is 0.316 e. The first-order valence-corrected chi connectivity index (χ1v) is 6.27. The Bertz CT molecular complexity index is 738. The van der Waals surface area contributed by atoms with Gasteiger partial charge >= 0.3 is 0 Å². The predicted octanol–water partition coefficient (Wildman–Crippen LogP) is 2.51. The zero-order chi connectivity index (χ0) is 12.9. The maximum absolute atomic E-state index is 6.14. The van der Waals surface area contributed by atoms with Gasteiger partial charge in [0.15, 0.2) is 0 Å². The van der Waals surface area contributed by atoms with Crippen molar-refractivity contribution in [2.45, 2.75) is 13.5 Å². The van der Waals surface area contributed by atoms with E-state index in [9.17, 15) is 0 Å². The van der Waals surface area contributed by atoms with E-state index in [2.05, 4.69) is 20.5 Å². The van der Waals surface area contributed by atoms with Crippen LogP contribution < -0.4 is 5.32 Å². The van der Waals surface area contributed by atoms with Crippen molar-refractivity contribution in [3.05, 3.63) is 34.6 Å². The lowest BCUT2D eigenvalue weighted by Crippen LogP contribution is -2.08. The van der Waals surface area contributed by atoms with Gasteiger partial charge in [-0.15, -0.1) is 0 Å². The van der Waals surface area contributed by atoms with Crippen molar-refractivity contribution < 1.29 is 0 Å². The van der Waals surface area contributed by atoms with Crippen LogP contribution in [0.4, 0.5) is 0 Å². The van der Waals surface area contributed by atoms with Gasteiger partial charge in [-0.25, -0.2) is 4.98 Å². The van der Waals surface area contributed by atoms with Crippen LogP contribution in [0.1, 0.15) is 11.3 Å². The van der Waals surface area contributed by atoms with Crippen molar-refractivity contribution in [1.29, 1.82) is 0 Å². The van der Waals surface area contributed by atoms with E-state index in [0.29, 0.717) is 0 Å². The Morgan fingerprint density at radius 3 is 2.89 bits per heavy atom. The second-order valence-corrected chi connectivity index (χ2v) is 4.94. The van der Waals surface area contributed by atoms with E-state index < -0.39 is 0 Å². The van der Waals surface area contributed by atoms with Gasteiger partial charge < -0.3 is 9.88 Å². The highest BCUT2D eigenvalue weighted by atomic mass is 35.5. The molecular weight excluding hydrogens is 248 g/mol. The van der Waals surface area contributed by atoms with Crippen molar-refractivity contribution >= 4 is 28.4 Å². The summed E-state index contributed by atoms with van der Waals surface area (Å²) >= 11 is 6.14. The fourth-order valence-electron chi connectivity index (χ4n) is 2.33.